The zero-order valence-electron chi connectivity index (χ0n) is 12.3. The maximum absolute atomic E-state index is 5.74. The van der Waals surface area contributed by atoms with Gasteiger partial charge in [0.25, 0.3) is 5.88 Å². The summed E-state index contributed by atoms with van der Waals surface area (Å²) in [6, 6.07) is 18.9. The molecule has 0 aliphatic carbocycles. The summed E-state index contributed by atoms with van der Waals surface area (Å²) in [4.78, 5) is 0. The van der Waals surface area contributed by atoms with E-state index < -0.39 is 0 Å². The van der Waals surface area contributed by atoms with Crippen molar-refractivity contribution in [3.8, 4) is 28.7 Å². The van der Waals surface area contributed by atoms with Crippen LogP contribution in [0, 0.1) is 0 Å². The van der Waals surface area contributed by atoms with Crippen molar-refractivity contribution in [2.24, 2.45) is 5.73 Å². The number of nitrogens with zero attached hydrogens (tertiary/aromatic N) is 1. The number of para-hydroxylation sites is 1. The Hall–Kier alpha value is -2.50. The first-order valence-corrected chi connectivity index (χ1v) is 6.98. The molecule has 0 aliphatic rings. The van der Waals surface area contributed by atoms with E-state index in [9.17, 15) is 0 Å². The van der Waals surface area contributed by atoms with Gasteiger partial charge in [0, 0.05) is 18.2 Å². The van der Waals surface area contributed by atoms with Crippen LogP contribution in [-0.2, 0) is 0 Å². The minimum Gasteiger partial charge on any atom is -0.474 e. The lowest BCUT2D eigenvalue weighted by atomic mass is 10.2. The maximum Gasteiger partial charge on any atom is 0.254 e. The second-order valence-electron chi connectivity index (χ2n) is 4.61. The van der Waals surface area contributed by atoms with Crippen LogP contribution in [0.3, 0.4) is 0 Å². The first-order valence-electron chi connectivity index (χ1n) is 6.98. The van der Waals surface area contributed by atoms with Crippen LogP contribution < -0.4 is 15.2 Å². The molecule has 2 N–H and O–H groups in total. The molecule has 1 aromatic heterocycles. The average molecular weight is 333 g/mol. The van der Waals surface area contributed by atoms with E-state index in [-0.39, 0.29) is 12.4 Å². The molecule has 0 saturated heterocycles. The standard InChI is InChI=1S/C17H16N2O3.ClH/c18-10-11-20-17-12-16(22-19-17)13-6-8-15(9-7-13)21-14-4-2-1-3-5-14;/h1-9,12H,10-11,18H2;1H. The fourth-order valence-corrected chi connectivity index (χ4v) is 1.94. The van der Waals surface area contributed by atoms with Gasteiger partial charge in [-0.2, -0.15) is 0 Å². The van der Waals surface area contributed by atoms with Gasteiger partial charge < -0.3 is 19.7 Å². The Labute approximate surface area is 140 Å². The number of ether oxygens (including phenoxy) is 2. The third-order valence-electron chi connectivity index (χ3n) is 2.97. The highest BCUT2D eigenvalue weighted by molar-refractivity contribution is 5.85. The predicted molar refractivity (Wildman–Crippen MR) is 90.3 cm³/mol. The Morgan fingerprint density at radius 3 is 2.35 bits per heavy atom. The third kappa shape index (κ3) is 4.48. The quantitative estimate of drug-likeness (QED) is 0.741. The van der Waals surface area contributed by atoms with E-state index in [1.54, 1.807) is 6.07 Å². The van der Waals surface area contributed by atoms with Gasteiger partial charge in [-0.15, -0.1) is 12.4 Å². The molecule has 3 aromatic rings. The molecular weight excluding hydrogens is 316 g/mol. The summed E-state index contributed by atoms with van der Waals surface area (Å²) < 4.78 is 16.3. The number of rotatable bonds is 6. The van der Waals surface area contributed by atoms with Gasteiger partial charge in [-0.3, -0.25) is 0 Å². The van der Waals surface area contributed by atoms with Crippen molar-refractivity contribution in [2.45, 2.75) is 0 Å². The van der Waals surface area contributed by atoms with E-state index in [1.165, 1.54) is 0 Å². The summed E-state index contributed by atoms with van der Waals surface area (Å²) in [6.07, 6.45) is 0. The molecule has 6 heteroatoms. The Morgan fingerprint density at radius 1 is 0.957 bits per heavy atom. The molecule has 0 amide bonds. The van der Waals surface area contributed by atoms with Gasteiger partial charge in [0.1, 0.15) is 18.1 Å². The van der Waals surface area contributed by atoms with E-state index in [0.717, 1.165) is 17.1 Å². The van der Waals surface area contributed by atoms with Crippen LogP contribution in [-0.4, -0.2) is 18.3 Å². The number of hydrogen-bond acceptors (Lipinski definition) is 5. The largest absolute Gasteiger partial charge is 0.474 e. The van der Waals surface area contributed by atoms with E-state index in [1.807, 2.05) is 54.6 Å². The molecule has 0 spiro atoms. The number of benzene rings is 2. The summed E-state index contributed by atoms with van der Waals surface area (Å²) in [5.41, 5.74) is 6.28. The zero-order chi connectivity index (χ0) is 15.2. The molecule has 120 valence electrons. The van der Waals surface area contributed by atoms with Gasteiger partial charge in [0.2, 0.25) is 0 Å². The highest BCUT2D eigenvalue weighted by Gasteiger charge is 2.07. The molecule has 0 atom stereocenters. The lowest BCUT2D eigenvalue weighted by Crippen LogP contribution is -2.10. The molecule has 0 saturated carbocycles. The van der Waals surface area contributed by atoms with Crippen molar-refractivity contribution in [1.29, 1.82) is 0 Å². The van der Waals surface area contributed by atoms with Crippen LogP contribution in [0.15, 0.2) is 65.2 Å². The molecule has 2 aromatic carbocycles. The van der Waals surface area contributed by atoms with Gasteiger partial charge in [-0.1, -0.05) is 18.2 Å². The smallest absolute Gasteiger partial charge is 0.254 e. The molecular formula is C17H17ClN2O3. The van der Waals surface area contributed by atoms with Crippen molar-refractivity contribution in [1.82, 2.24) is 5.16 Å². The Kier molecular flexibility index (Phi) is 6.02. The van der Waals surface area contributed by atoms with Crippen molar-refractivity contribution >= 4 is 12.4 Å². The van der Waals surface area contributed by atoms with Crippen LogP contribution in [0.1, 0.15) is 0 Å². The molecule has 0 radical (unpaired) electrons. The second-order valence-corrected chi connectivity index (χ2v) is 4.61. The van der Waals surface area contributed by atoms with Crippen LogP contribution in [0.25, 0.3) is 11.3 Å². The summed E-state index contributed by atoms with van der Waals surface area (Å²) in [7, 11) is 0. The van der Waals surface area contributed by atoms with Gasteiger partial charge in [0.05, 0.1) is 0 Å². The van der Waals surface area contributed by atoms with Gasteiger partial charge in [0.15, 0.2) is 5.76 Å². The molecule has 3 rings (SSSR count). The molecule has 0 fully saturated rings. The van der Waals surface area contributed by atoms with E-state index >= 15 is 0 Å². The van der Waals surface area contributed by atoms with E-state index in [2.05, 4.69) is 5.16 Å². The van der Waals surface area contributed by atoms with Gasteiger partial charge >= 0.3 is 0 Å². The molecule has 0 bridgehead atoms. The van der Waals surface area contributed by atoms with E-state index in [0.29, 0.717) is 24.8 Å². The lowest BCUT2D eigenvalue weighted by Gasteiger charge is -2.05. The number of halogens is 1. The van der Waals surface area contributed by atoms with Crippen LogP contribution in [0.5, 0.6) is 17.4 Å². The summed E-state index contributed by atoms with van der Waals surface area (Å²) in [5.74, 6) is 2.63. The minimum absolute atomic E-state index is 0. The molecule has 1 heterocycles. The Morgan fingerprint density at radius 2 is 1.65 bits per heavy atom. The second kappa shape index (κ2) is 8.22. The molecule has 0 aliphatic heterocycles. The normalized spacial score (nSPS) is 9.96. The van der Waals surface area contributed by atoms with Crippen molar-refractivity contribution in [3.63, 3.8) is 0 Å². The topological polar surface area (TPSA) is 70.5 Å². The van der Waals surface area contributed by atoms with Crippen LogP contribution in [0.2, 0.25) is 0 Å². The first kappa shape index (κ1) is 16.9. The van der Waals surface area contributed by atoms with Crippen LogP contribution >= 0.6 is 12.4 Å². The highest BCUT2D eigenvalue weighted by Crippen LogP contribution is 2.27. The molecule has 5 nitrogen and oxygen atoms in total. The maximum atomic E-state index is 5.74. The Balaban J connectivity index is 0.00000192. The molecule has 0 unspecified atom stereocenters. The van der Waals surface area contributed by atoms with Gasteiger partial charge in [-0.05, 0) is 41.6 Å². The minimum atomic E-state index is 0. The number of nitrogens with two attached hydrogens (primary N) is 1. The third-order valence-corrected chi connectivity index (χ3v) is 2.97. The SMILES string of the molecule is Cl.NCCOc1cc(-c2ccc(Oc3ccccc3)cc2)on1. The monoisotopic (exact) mass is 332 g/mol. The lowest BCUT2D eigenvalue weighted by molar-refractivity contribution is 0.288. The van der Waals surface area contributed by atoms with E-state index in [4.69, 9.17) is 19.7 Å². The van der Waals surface area contributed by atoms with Crippen molar-refractivity contribution in [3.05, 3.63) is 60.7 Å². The fourth-order valence-electron chi connectivity index (χ4n) is 1.94. The summed E-state index contributed by atoms with van der Waals surface area (Å²) in [5, 5.41) is 3.84. The molecule has 23 heavy (non-hydrogen) atoms. The van der Waals surface area contributed by atoms with Crippen molar-refractivity contribution in [2.75, 3.05) is 13.2 Å². The summed E-state index contributed by atoms with van der Waals surface area (Å²) in [6.45, 7) is 0.851. The zero-order valence-corrected chi connectivity index (χ0v) is 13.2. The number of aromatic nitrogens is 1. The Bertz CT molecular complexity index is 714. The fraction of sp³-hybridized carbons (Fsp3) is 0.118. The van der Waals surface area contributed by atoms with Gasteiger partial charge in [-0.25, -0.2) is 0 Å². The van der Waals surface area contributed by atoms with Crippen LogP contribution in [0.4, 0.5) is 0 Å². The predicted octanol–water partition coefficient (Wildman–Crippen LogP) is 3.89. The highest BCUT2D eigenvalue weighted by atomic mass is 35.5. The number of hydrogen-bond donors (Lipinski definition) is 1. The summed E-state index contributed by atoms with van der Waals surface area (Å²) >= 11 is 0. The first-order chi connectivity index (χ1) is 10.8. The average Bonchev–Trinajstić information content (AvgIpc) is 3.03. The van der Waals surface area contributed by atoms with Crippen molar-refractivity contribution < 1.29 is 14.0 Å².